The second kappa shape index (κ2) is 5.28. The molecule has 1 aromatic carbocycles. The van der Waals surface area contributed by atoms with Gasteiger partial charge in [0.15, 0.2) is 0 Å². The van der Waals surface area contributed by atoms with Crippen LogP contribution in [0, 0.1) is 17.8 Å². The summed E-state index contributed by atoms with van der Waals surface area (Å²) in [4.78, 5) is 0. The van der Waals surface area contributed by atoms with Gasteiger partial charge in [-0.05, 0) is 67.5 Å². The first kappa shape index (κ1) is 13.2. The fraction of sp³-hybridized carbons (Fsp3) is 0.667. The molecule has 2 aliphatic rings. The molecule has 1 aromatic rings. The maximum absolute atomic E-state index is 3.56. The highest BCUT2D eigenvalue weighted by Gasteiger charge is 2.47. The Morgan fingerprint density at radius 3 is 2.16 bits per heavy atom. The third-order valence-corrected chi connectivity index (χ3v) is 5.54. The zero-order chi connectivity index (χ0) is 13.4. The molecule has 2 aliphatic carbocycles. The highest BCUT2D eigenvalue weighted by molar-refractivity contribution is 5.28. The SMILES string of the molecule is CCC(C)c1ccc(C(NC)C2CC3CC3C2)cc1. The molecule has 0 heterocycles. The predicted molar refractivity (Wildman–Crippen MR) is 81.3 cm³/mol. The topological polar surface area (TPSA) is 12.0 Å². The maximum Gasteiger partial charge on any atom is 0.0346 e. The summed E-state index contributed by atoms with van der Waals surface area (Å²) in [5.74, 6) is 3.69. The molecule has 0 aliphatic heterocycles. The van der Waals surface area contributed by atoms with Crippen molar-refractivity contribution in [2.24, 2.45) is 17.8 Å². The Kier molecular flexibility index (Phi) is 3.66. The number of hydrogen-bond donors (Lipinski definition) is 1. The van der Waals surface area contributed by atoms with Crippen LogP contribution in [0.4, 0.5) is 0 Å². The lowest BCUT2D eigenvalue weighted by Gasteiger charge is -2.25. The monoisotopic (exact) mass is 257 g/mol. The van der Waals surface area contributed by atoms with E-state index in [-0.39, 0.29) is 0 Å². The molecule has 0 bridgehead atoms. The van der Waals surface area contributed by atoms with Crippen LogP contribution >= 0.6 is 0 Å². The highest BCUT2D eigenvalue weighted by Crippen LogP contribution is 2.57. The summed E-state index contributed by atoms with van der Waals surface area (Å²) >= 11 is 0. The van der Waals surface area contributed by atoms with E-state index in [4.69, 9.17) is 0 Å². The minimum absolute atomic E-state index is 0.568. The minimum atomic E-state index is 0.568. The van der Waals surface area contributed by atoms with Crippen LogP contribution in [-0.4, -0.2) is 7.05 Å². The van der Waals surface area contributed by atoms with Gasteiger partial charge in [0.1, 0.15) is 0 Å². The highest BCUT2D eigenvalue weighted by atomic mass is 14.9. The average Bonchev–Trinajstić information content (AvgIpc) is 3.06. The lowest BCUT2D eigenvalue weighted by molar-refractivity contribution is 0.359. The van der Waals surface area contributed by atoms with Crippen molar-refractivity contribution in [1.82, 2.24) is 5.32 Å². The molecule has 19 heavy (non-hydrogen) atoms. The Hall–Kier alpha value is -0.820. The van der Waals surface area contributed by atoms with Crippen LogP contribution < -0.4 is 5.32 Å². The largest absolute Gasteiger partial charge is 0.313 e. The predicted octanol–water partition coefficient (Wildman–Crippen LogP) is 4.51. The van der Waals surface area contributed by atoms with Gasteiger partial charge in [0.25, 0.3) is 0 Å². The lowest BCUT2D eigenvalue weighted by Crippen LogP contribution is -2.24. The van der Waals surface area contributed by atoms with Gasteiger partial charge in [-0.2, -0.15) is 0 Å². The molecule has 0 spiro atoms. The number of hydrogen-bond acceptors (Lipinski definition) is 1. The molecule has 0 radical (unpaired) electrons. The first-order valence-corrected chi connectivity index (χ1v) is 8.00. The Morgan fingerprint density at radius 2 is 1.63 bits per heavy atom. The summed E-state index contributed by atoms with van der Waals surface area (Å²) in [5, 5.41) is 3.56. The van der Waals surface area contributed by atoms with E-state index in [0.717, 1.165) is 17.8 Å². The van der Waals surface area contributed by atoms with Gasteiger partial charge in [0.2, 0.25) is 0 Å². The van der Waals surface area contributed by atoms with E-state index in [9.17, 15) is 0 Å². The van der Waals surface area contributed by atoms with Crippen molar-refractivity contribution in [2.45, 2.75) is 51.5 Å². The Balaban J connectivity index is 1.72. The summed E-state index contributed by atoms with van der Waals surface area (Å²) in [6.45, 7) is 4.58. The fourth-order valence-corrected chi connectivity index (χ4v) is 3.98. The van der Waals surface area contributed by atoms with Crippen LogP contribution in [-0.2, 0) is 0 Å². The Labute approximate surface area is 117 Å². The zero-order valence-electron chi connectivity index (χ0n) is 12.5. The molecule has 3 rings (SSSR count). The van der Waals surface area contributed by atoms with Crippen LogP contribution in [0.1, 0.15) is 62.6 Å². The van der Waals surface area contributed by atoms with Crippen molar-refractivity contribution in [3.63, 3.8) is 0 Å². The van der Waals surface area contributed by atoms with Gasteiger partial charge in [-0.15, -0.1) is 0 Å². The normalized spacial score (nSPS) is 31.8. The Bertz CT molecular complexity index is 412. The van der Waals surface area contributed by atoms with Crippen LogP contribution in [0.15, 0.2) is 24.3 Å². The van der Waals surface area contributed by atoms with Gasteiger partial charge >= 0.3 is 0 Å². The second-order valence-corrected chi connectivity index (χ2v) is 6.73. The van der Waals surface area contributed by atoms with Gasteiger partial charge in [-0.25, -0.2) is 0 Å². The molecule has 2 saturated carbocycles. The van der Waals surface area contributed by atoms with Crippen molar-refractivity contribution < 1.29 is 0 Å². The van der Waals surface area contributed by atoms with Crippen LogP contribution in [0.25, 0.3) is 0 Å². The summed E-state index contributed by atoms with van der Waals surface area (Å²) < 4.78 is 0. The number of benzene rings is 1. The van der Waals surface area contributed by atoms with Crippen molar-refractivity contribution in [1.29, 1.82) is 0 Å². The molecule has 0 saturated heterocycles. The van der Waals surface area contributed by atoms with Crippen molar-refractivity contribution in [3.8, 4) is 0 Å². The Morgan fingerprint density at radius 1 is 1.05 bits per heavy atom. The van der Waals surface area contributed by atoms with E-state index in [0.29, 0.717) is 12.0 Å². The molecule has 0 aromatic heterocycles. The third kappa shape index (κ3) is 2.58. The summed E-state index contributed by atoms with van der Waals surface area (Å²) in [5.41, 5.74) is 2.97. The van der Waals surface area contributed by atoms with E-state index in [1.165, 1.54) is 36.8 Å². The van der Waals surface area contributed by atoms with Gasteiger partial charge in [0, 0.05) is 6.04 Å². The molecular formula is C18H27N. The van der Waals surface area contributed by atoms with Gasteiger partial charge in [-0.1, -0.05) is 38.1 Å². The molecular weight excluding hydrogens is 230 g/mol. The molecule has 1 nitrogen and oxygen atoms in total. The quantitative estimate of drug-likeness (QED) is 0.818. The number of nitrogens with one attached hydrogen (secondary N) is 1. The summed E-state index contributed by atoms with van der Waals surface area (Å²) in [6.07, 6.45) is 5.63. The van der Waals surface area contributed by atoms with E-state index in [1.807, 2.05) is 0 Å². The lowest BCUT2D eigenvalue weighted by atomic mass is 9.88. The van der Waals surface area contributed by atoms with Crippen molar-refractivity contribution in [3.05, 3.63) is 35.4 Å². The zero-order valence-corrected chi connectivity index (χ0v) is 12.5. The molecule has 1 heteroatoms. The summed E-state index contributed by atoms with van der Waals surface area (Å²) in [7, 11) is 2.12. The maximum atomic E-state index is 3.56. The standard InChI is InChI=1S/C18H27N/c1-4-12(2)13-5-7-14(8-6-13)18(19-3)17-10-15-9-16(15)11-17/h5-8,12,15-19H,4,9-11H2,1-3H3. The van der Waals surface area contributed by atoms with Gasteiger partial charge in [-0.3, -0.25) is 0 Å². The fourth-order valence-electron chi connectivity index (χ4n) is 3.98. The van der Waals surface area contributed by atoms with E-state index in [1.54, 1.807) is 0 Å². The smallest absolute Gasteiger partial charge is 0.0346 e. The van der Waals surface area contributed by atoms with Gasteiger partial charge < -0.3 is 5.32 Å². The second-order valence-electron chi connectivity index (χ2n) is 6.73. The van der Waals surface area contributed by atoms with E-state index in [2.05, 4.69) is 50.5 Å². The van der Waals surface area contributed by atoms with Gasteiger partial charge in [0.05, 0.1) is 0 Å². The minimum Gasteiger partial charge on any atom is -0.313 e. The molecule has 1 N–H and O–H groups in total. The van der Waals surface area contributed by atoms with Crippen LogP contribution in [0.5, 0.6) is 0 Å². The first-order chi connectivity index (χ1) is 9.22. The molecule has 4 atom stereocenters. The summed E-state index contributed by atoms with van der Waals surface area (Å²) in [6, 6.07) is 9.95. The third-order valence-electron chi connectivity index (χ3n) is 5.54. The number of fused-ring (bicyclic) bond motifs is 1. The molecule has 104 valence electrons. The van der Waals surface area contributed by atoms with Crippen molar-refractivity contribution in [2.75, 3.05) is 7.05 Å². The van der Waals surface area contributed by atoms with Crippen LogP contribution in [0.3, 0.4) is 0 Å². The molecule has 2 fully saturated rings. The van der Waals surface area contributed by atoms with E-state index < -0.39 is 0 Å². The van der Waals surface area contributed by atoms with E-state index >= 15 is 0 Å². The first-order valence-electron chi connectivity index (χ1n) is 8.00. The number of rotatable bonds is 5. The van der Waals surface area contributed by atoms with Crippen molar-refractivity contribution >= 4 is 0 Å². The average molecular weight is 257 g/mol. The van der Waals surface area contributed by atoms with Crippen LogP contribution in [0.2, 0.25) is 0 Å². The molecule has 0 amide bonds. The molecule has 4 unspecified atom stereocenters.